The number of aliphatic hydroxyl groups excluding tert-OH is 1. The largest absolute Gasteiger partial charge is 0.391 e. The van der Waals surface area contributed by atoms with Gasteiger partial charge in [-0.1, -0.05) is 0 Å². The molecule has 2 rings (SSSR count). The molecule has 0 saturated heterocycles. The lowest BCUT2D eigenvalue weighted by Gasteiger charge is -2.20. The average Bonchev–Trinajstić information content (AvgIpc) is 3.11. The summed E-state index contributed by atoms with van der Waals surface area (Å²) in [6.45, 7) is 0.398. The number of rotatable bonds is 4. The summed E-state index contributed by atoms with van der Waals surface area (Å²) in [6, 6.07) is 1.80. The minimum Gasteiger partial charge on any atom is -0.391 e. The van der Waals surface area contributed by atoms with E-state index in [1.807, 2.05) is 0 Å². The summed E-state index contributed by atoms with van der Waals surface area (Å²) in [5, 5.41) is 9.80. The van der Waals surface area contributed by atoms with Gasteiger partial charge in [-0.3, -0.25) is 9.78 Å². The molecule has 1 aliphatic carbocycles. The lowest BCUT2D eigenvalue weighted by molar-refractivity contribution is 0.0645. The third kappa shape index (κ3) is 3.38. The summed E-state index contributed by atoms with van der Waals surface area (Å²) in [4.78, 5) is 17.6. The maximum atomic E-state index is 12.0. The first-order chi connectivity index (χ1) is 8.08. The fourth-order valence-corrected chi connectivity index (χ4v) is 2.24. The van der Waals surface area contributed by atoms with Gasteiger partial charge < -0.3 is 10.0 Å². The fraction of sp³-hybridized carbons (Fsp3) is 0.500. The molecule has 1 saturated carbocycles. The number of halogens is 1. The highest BCUT2D eigenvalue weighted by Crippen LogP contribution is 2.32. The van der Waals surface area contributed by atoms with E-state index in [0.717, 1.165) is 16.4 Å². The standard InChI is InChI=1S/C12H15IN2O2/c1-15(7-11(16)8-2-3-8)12(17)9-4-10(13)6-14-5-9/h4-6,8,11,16H,2-3,7H2,1H3. The highest BCUT2D eigenvalue weighted by atomic mass is 127. The number of hydrogen-bond acceptors (Lipinski definition) is 3. The SMILES string of the molecule is CN(CC(O)C1CC1)C(=O)c1cncc(I)c1. The van der Waals surface area contributed by atoms with Crippen LogP contribution in [-0.4, -0.2) is 40.6 Å². The molecular formula is C12H15IN2O2. The van der Waals surface area contributed by atoms with Gasteiger partial charge in [-0.2, -0.15) is 0 Å². The van der Waals surface area contributed by atoms with Gasteiger partial charge in [-0.25, -0.2) is 0 Å². The Balaban J connectivity index is 1.98. The molecule has 0 spiro atoms. The number of aromatic nitrogens is 1. The summed E-state index contributed by atoms with van der Waals surface area (Å²) in [7, 11) is 1.72. The zero-order chi connectivity index (χ0) is 12.4. The van der Waals surface area contributed by atoms with E-state index in [2.05, 4.69) is 27.6 Å². The summed E-state index contributed by atoms with van der Waals surface area (Å²) < 4.78 is 0.935. The van der Waals surface area contributed by atoms with Crippen LogP contribution in [0.2, 0.25) is 0 Å². The van der Waals surface area contributed by atoms with Crippen molar-refractivity contribution >= 4 is 28.5 Å². The van der Waals surface area contributed by atoms with E-state index in [0.29, 0.717) is 18.0 Å². The normalized spacial score (nSPS) is 16.6. The molecule has 92 valence electrons. The average molecular weight is 346 g/mol. The van der Waals surface area contributed by atoms with Crippen molar-refractivity contribution < 1.29 is 9.90 Å². The molecule has 1 aliphatic rings. The first-order valence-electron chi connectivity index (χ1n) is 5.62. The van der Waals surface area contributed by atoms with Crippen molar-refractivity contribution in [3.8, 4) is 0 Å². The molecule has 1 aromatic rings. The second kappa shape index (κ2) is 5.30. The fourth-order valence-electron chi connectivity index (χ4n) is 1.74. The zero-order valence-electron chi connectivity index (χ0n) is 9.64. The minimum absolute atomic E-state index is 0.0873. The molecule has 1 aromatic heterocycles. The van der Waals surface area contributed by atoms with Crippen molar-refractivity contribution in [2.24, 2.45) is 5.92 Å². The van der Waals surface area contributed by atoms with E-state index < -0.39 is 0 Å². The van der Waals surface area contributed by atoms with Crippen LogP contribution in [-0.2, 0) is 0 Å². The Morgan fingerprint density at radius 1 is 1.65 bits per heavy atom. The number of carbonyl (C=O) groups excluding carboxylic acids is 1. The van der Waals surface area contributed by atoms with Crippen LogP contribution in [0.1, 0.15) is 23.2 Å². The van der Waals surface area contributed by atoms with Crippen LogP contribution >= 0.6 is 22.6 Å². The van der Waals surface area contributed by atoms with Gasteiger partial charge in [-0.15, -0.1) is 0 Å². The van der Waals surface area contributed by atoms with Crippen molar-refractivity contribution in [3.05, 3.63) is 27.6 Å². The number of carbonyl (C=O) groups is 1. The summed E-state index contributed by atoms with van der Waals surface area (Å²) in [6.07, 6.45) is 5.03. The van der Waals surface area contributed by atoms with Crippen LogP contribution in [0.15, 0.2) is 18.5 Å². The Morgan fingerprint density at radius 2 is 2.35 bits per heavy atom. The molecule has 0 bridgehead atoms. The molecule has 1 unspecified atom stereocenters. The van der Waals surface area contributed by atoms with Crippen LogP contribution in [0.4, 0.5) is 0 Å². The van der Waals surface area contributed by atoms with Crippen LogP contribution in [0, 0.1) is 9.49 Å². The van der Waals surface area contributed by atoms with E-state index in [-0.39, 0.29) is 12.0 Å². The second-order valence-electron chi connectivity index (χ2n) is 4.48. The Kier molecular flexibility index (Phi) is 3.98. The van der Waals surface area contributed by atoms with Gasteiger partial charge in [0.15, 0.2) is 0 Å². The smallest absolute Gasteiger partial charge is 0.255 e. The molecule has 17 heavy (non-hydrogen) atoms. The Morgan fingerprint density at radius 3 is 2.94 bits per heavy atom. The summed E-state index contributed by atoms with van der Waals surface area (Å²) >= 11 is 2.13. The highest BCUT2D eigenvalue weighted by Gasteiger charge is 2.31. The van der Waals surface area contributed by atoms with E-state index in [9.17, 15) is 9.90 Å². The maximum absolute atomic E-state index is 12.0. The molecule has 1 fully saturated rings. The molecule has 0 aliphatic heterocycles. The van der Waals surface area contributed by atoms with Gasteiger partial charge in [0.25, 0.3) is 5.91 Å². The second-order valence-corrected chi connectivity index (χ2v) is 5.73. The first-order valence-corrected chi connectivity index (χ1v) is 6.70. The molecule has 4 nitrogen and oxygen atoms in total. The third-order valence-electron chi connectivity index (χ3n) is 2.93. The van der Waals surface area contributed by atoms with Crippen molar-refractivity contribution in [1.29, 1.82) is 0 Å². The molecule has 1 N–H and O–H groups in total. The van der Waals surface area contributed by atoms with Crippen molar-refractivity contribution in [1.82, 2.24) is 9.88 Å². The molecular weight excluding hydrogens is 331 g/mol. The number of likely N-dealkylation sites (N-methyl/N-ethyl adjacent to an activating group) is 1. The summed E-state index contributed by atoms with van der Waals surface area (Å²) in [5.41, 5.74) is 0.572. The summed E-state index contributed by atoms with van der Waals surface area (Å²) in [5.74, 6) is 0.301. The van der Waals surface area contributed by atoms with Crippen molar-refractivity contribution in [2.45, 2.75) is 18.9 Å². The molecule has 5 heteroatoms. The monoisotopic (exact) mass is 346 g/mol. The topological polar surface area (TPSA) is 53.4 Å². The van der Waals surface area contributed by atoms with E-state index >= 15 is 0 Å². The first kappa shape index (κ1) is 12.8. The van der Waals surface area contributed by atoms with Crippen molar-refractivity contribution in [3.63, 3.8) is 0 Å². The lowest BCUT2D eigenvalue weighted by atomic mass is 10.2. The van der Waals surface area contributed by atoms with E-state index in [1.165, 1.54) is 0 Å². The number of pyridine rings is 1. The molecule has 1 amide bonds. The van der Waals surface area contributed by atoms with E-state index in [4.69, 9.17) is 0 Å². The predicted octanol–water partition coefficient (Wildman–Crippen LogP) is 1.53. The number of aliphatic hydroxyl groups is 1. The van der Waals surface area contributed by atoms with Crippen LogP contribution in [0.3, 0.4) is 0 Å². The highest BCUT2D eigenvalue weighted by molar-refractivity contribution is 14.1. The van der Waals surface area contributed by atoms with Gasteiger partial charge in [0.05, 0.1) is 11.7 Å². The quantitative estimate of drug-likeness (QED) is 0.842. The Hall–Kier alpha value is -0.690. The lowest BCUT2D eigenvalue weighted by Crippen LogP contribution is -2.35. The molecule has 1 atom stereocenters. The number of nitrogens with zero attached hydrogens (tertiary/aromatic N) is 2. The number of amides is 1. The van der Waals surface area contributed by atoms with Gasteiger partial charge in [0, 0.05) is 29.6 Å². The van der Waals surface area contributed by atoms with Gasteiger partial charge in [-0.05, 0) is 47.4 Å². The van der Waals surface area contributed by atoms with Crippen LogP contribution in [0.5, 0.6) is 0 Å². The third-order valence-corrected chi connectivity index (χ3v) is 3.52. The van der Waals surface area contributed by atoms with Gasteiger partial charge in [0.1, 0.15) is 0 Å². The molecule has 0 radical (unpaired) electrons. The Bertz CT molecular complexity index is 421. The van der Waals surface area contributed by atoms with Crippen LogP contribution in [0.25, 0.3) is 0 Å². The molecule has 1 heterocycles. The van der Waals surface area contributed by atoms with E-state index in [1.54, 1.807) is 30.4 Å². The zero-order valence-corrected chi connectivity index (χ0v) is 11.8. The van der Waals surface area contributed by atoms with Gasteiger partial charge >= 0.3 is 0 Å². The minimum atomic E-state index is -0.389. The van der Waals surface area contributed by atoms with Crippen LogP contribution < -0.4 is 0 Å². The predicted molar refractivity (Wildman–Crippen MR) is 72.6 cm³/mol. The Labute approximate surface area is 114 Å². The maximum Gasteiger partial charge on any atom is 0.255 e. The van der Waals surface area contributed by atoms with Crippen molar-refractivity contribution in [2.75, 3.05) is 13.6 Å². The number of hydrogen-bond donors (Lipinski definition) is 1. The molecule has 0 aromatic carbocycles. The van der Waals surface area contributed by atoms with Gasteiger partial charge in [0.2, 0.25) is 0 Å².